The molecule has 0 aromatic heterocycles. The second kappa shape index (κ2) is 12.6. The van der Waals surface area contributed by atoms with Gasteiger partial charge in [0.15, 0.2) is 0 Å². The summed E-state index contributed by atoms with van der Waals surface area (Å²) in [5.41, 5.74) is 1.94. The van der Waals surface area contributed by atoms with Gasteiger partial charge in [-0.15, -0.1) is 0 Å². The number of benzene rings is 2. The zero-order valence-corrected chi connectivity index (χ0v) is 23.0. The van der Waals surface area contributed by atoms with Crippen LogP contribution < -0.4 is 9.62 Å². The highest BCUT2D eigenvalue weighted by Gasteiger charge is 2.28. The smallest absolute Gasteiger partial charge is 0.242 e. The summed E-state index contributed by atoms with van der Waals surface area (Å²) >= 11 is 12.7. The molecule has 10 heteroatoms. The first-order chi connectivity index (χ1) is 16.3. The van der Waals surface area contributed by atoms with Gasteiger partial charge in [0.2, 0.25) is 21.8 Å². The van der Waals surface area contributed by atoms with E-state index in [1.807, 2.05) is 32.9 Å². The average Bonchev–Trinajstić information content (AvgIpc) is 2.75. The molecule has 0 aliphatic carbocycles. The summed E-state index contributed by atoms with van der Waals surface area (Å²) in [5, 5.41) is 3.62. The number of aryl methyl sites for hydroxylation is 1. The Morgan fingerprint density at radius 3 is 2.14 bits per heavy atom. The number of hydrogen-bond acceptors (Lipinski definition) is 4. The van der Waals surface area contributed by atoms with E-state index in [1.54, 1.807) is 37.3 Å². The van der Waals surface area contributed by atoms with E-state index < -0.39 is 16.1 Å². The Morgan fingerprint density at radius 1 is 1.00 bits per heavy atom. The van der Waals surface area contributed by atoms with E-state index >= 15 is 0 Å². The van der Waals surface area contributed by atoms with E-state index in [4.69, 9.17) is 23.2 Å². The van der Waals surface area contributed by atoms with Crippen molar-refractivity contribution in [3.8, 4) is 0 Å². The van der Waals surface area contributed by atoms with Gasteiger partial charge in [0, 0.05) is 41.2 Å². The second-order valence-electron chi connectivity index (χ2n) is 8.79. The second-order valence-corrected chi connectivity index (χ2v) is 11.5. The van der Waals surface area contributed by atoms with Gasteiger partial charge in [-0.05, 0) is 57.9 Å². The Labute approximate surface area is 218 Å². The molecule has 0 unspecified atom stereocenters. The molecule has 2 amide bonds. The molecule has 7 nitrogen and oxygen atoms in total. The normalized spacial score (nSPS) is 12.3. The number of anilines is 1. The third-order valence-electron chi connectivity index (χ3n) is 5.52. The summed E-state index contributed by atoms with van der Waals surface area (Å²) in [6.07, 6.45) is 1.45. The highest BCUT2D eigenvalue weighted by Crippen LogP contribution is 2.27. The average molecular weight is 543 g/mol. The van der Waals surface area contributed by atoms with Crippen LogP contribution in [0.3, 0.4) is 0 Å². The maximum Gasteiger partial charge on any atom is 0.242 e. The van der Waals surface area contributed by atoms with Gasteiger partial charge >= 0.3 is 0 Å². The van der Waals surface area contributed by atoms with Crippen LogP contribution in [0.5, 0.6) is 0 Å². The van der Waals surface area contributed by atoms with Crippen molar-refractivity contribution in [3.05, 3.63) is 63.6 Å². The molecular formula is C25H33Cl2N3O4S. The van der Waals surface area contributed by atoms with Crippen LogP contribution in [-0.2, 0) is 26.2 Å². The van der Waals surface area contributed by atoms with Gasteiger partial charge in [-0.25, -0.2) is 8.42 Å². The molecular weight excluding hydrogens is 509 g/mol. The molecule has 0 aliphatic heterocycles. The van der Waals surface area contributed by atoms with Gasteiger partial charge in [0.05, 0.1) is 11.9 Å². The van der Waals surface area contributed by atoms with Crippen molar-refractivity contribution < 1.29 is 18.0 Å². The first kappa shape index (κ1) is 28.9. The van der Waals surface area contributed by atoms with Crippen molar-refractivity contribution >= 4 is 50.7 Å². The van der Waals surface area contributed by atoms with E-state index in [0.29, 0.717) is 21.3 Å². The van der Waals surface area contributed by atoms with Crippen molar-refractivity contribution in [3.63, 3.8) is 0 Å². The van der Waals surface area contributed by atoms with Crippen LogP contribution in [0, 0.1) is 6.92 Å². The fraction of sp³-hybridized carbons (Fsp3) is 0.440. The summed E-state index contributed by atoms with van der Waals surface area (Å²) in [6, 6.07) is 11.4. The minimum absolute atomic E-state index is 0.0409. The van der Waals surface area contributed by atoms with Crippen molar-refractivity contribution in [2.45, 2.75) is 59.2 Å². The minimum atomic E-state index is -3.55. The fourth-order valence-corrected chi connectivity index (χ4v) is 5.21. The highest BCUT2D eigenvalue weighted by molar-refractivity contribution is 7.92. The zero-order valence-electron chi connectivity index (χ0n) is 20.7. The van der Waals surface area contributed by atoms with E-state index in [-0.39, 0.29) is 43.8 Å². The zero-order chi connectivity index (χ0) is 26.3. The van der Waals surface area contributed by atoms with Gasteiger partial charge < -0.3 is 10.2 Å². The maximum absolute atomic E-state index is 13.3. The molecule has 2 aromatic carbocycles. The van der Waals surface area contributed by atoms with Crippen molar-refractivity contribution in [2.75, 3.05) is 17.1 Å². The number of carbonyl (C=O) groups excluding carboxylic acids is 2. The number of rotatable bonds is 11. The monoisotopic (exact) mass is 541 g/mol. The Hall–Kier alpha value is -2.29. The van der Waals surface area contributed by atoms with Crippen LogP contribution in [-0.4, -0.2) is 50.0 Å². The molecule has 35 heavy (non-hydrogen) atoms. The molecule has 192 valence electrons. The Balaban J connectivity index is 2.24. The molecule has 0 bridgehead atoms. The Morgan fingerprint density at radius 2 is 1.60 bits per heavy atom. The first-order valence-corrected chi connectivity index (χ1v) is 14.0. The lowest BCUT2D eigenvalue weighted by molar-refractivity contribution is -0.140. The van der Waals surface area contributed by atoms with Crippen LogP contribution in [0.2, 0.25) is 10.0 Å². The Bertz CT molecular complexity index is 1130. The number of para-hydroxylation sites is 1. The van der Waals surface area contributed by atoms with Crippen LogP contribution in [0.1, 0.15) is 44.7 Å². The van der Waals surface area contributed by atoms with Crippen LogP contribution >= 0.6 is 23.2 Å². The molecule has 0 spiro atoms. The van der Waals surface area contributed by atoms with E-state index in [2.05, 4.69) is 5.32 Å². The van der Waals surface area contributed by atoms with E-state index in [0.717, 1.165) is 11.8 Å². The molecule has 0 heterocycles. The highest BCUT2D eigenvalue weighted by atomic mass is 35.5. The quantitative estimate of drug-likeness (QED) is 0.443. The van der Waals surface area contributed by atoms with Gasteiger partial charge in [0.1, 0.15) is 6.04 Å². The summed E-state index contributed by atoms with van der Waals surface area (Å²) in [6.45, 7) is 7.35. The van der Waals surface area contributed by atoms with E-state index in [1.165, 1.54) is 9.21 Å². The number of nitrogens with one attached hydrogen (secondary N) is 1. The molecule has 0 fully saturated rings. The van der Waals surface area contributed by atoms with Crippen molar-refractivity contribution in [2.24, 2.45) is 0 Å². The van der Waals surface area contributed by atoms with Crippen LogP contribution in [0.25, 0.3) is 0 Å². The molecule has 2 rings (SSSR count). The SMILES string of the molecule is Cc1ccccc1N(CCCC(=O)N(Cc1c(Cl)cccc1Cl)[C@@H](C)C(=O)NC(C)C)S(C)(=O)=O. The van der Waals surface area contributed by atoms with Gasteiger partial charge in [0.25, 0.3) is 0 Å². The maximum atomic E-state index is 13.3. The number of carbonyl (C=O) groups is 2. The minimum Gasteiger partial charge on any atom is -0.352 e. The molecule has 0 radical (unpaired) electrons. The molecule has 2 aromatic rings. The number of amides is 2. The molecule has 1 atom stereocenters. The molecule has 0 aliphatic rings. The lowest BCUT2D eigenvalue weighted by Crippen LogP contribution is -2.49. The van der Waals surface area contributed by atoms with Crippen LogP contribution in [0.4, 0.5) is 5.69 Å². The summed E-state index contributed by atoms with van der Waals surface area (Å²) in [7, 11) is -3.55. The number of halogens is 2. The number of hydrogen-bond donors (Lipinski definition) is 1. The lowest BCUT2D eigenvalue weighted by atomic mass is 10.1. The number of nitrogens with zero attached hydrogens (tertiary/aromatic N) is 2. The van der Waals surface area contributed by atoms with Crippen LogP contribution in [0.15, 0.2) is 42.5 Å². The largest absolute Gasteiger partial charge is 0.352 e. The lowest BCUT2D eigenvalue weighted by Gasteiger charge is -2.30. The van der Waals surface area contributed by atoms with E-state index in [9.17, 15) is 18.0 Å². The molecule has 0 saturated carbocycles. The topological polar surface area (TPSA) is 86.8 Å². The third-order valence-corrected chi connectivity index (χ3v) is 7.41. The van der Waals surface area contributed by atoms with Crippen molar-refractivity contribution in [1.29, 1.82) is 0 Å². The first-order valence-electron chi connectivity index (χ1n) is 11.4. The standard InChI is InChI=1S/C25H33Cl2N3O4S/c1-17(2)28-25(32)19(4)29(16-20-21(26)11-8-12-22(20)27)24(31)14-9-15-30(35(5,33)34)23-13-7-6-10-18(23)3/h6-8,10-13,17,19H,9,14-16H2,1-5H3,(H,28,32)/t19-/m0/s1. The predicted octanol–water partition coefficient (Wildman–Crippen LogP) is 4.79. The van der Waals surface area contributed by atoms with Crippen molar-refractivity contribution in [1.82, 2.24) is 10.2 Å². The summed E-state index contributed by atoms with van der Waals surface area (Å²) in [5.74, 6) is -0.597. The molecule has 0 saturated heterocycles. The fourth-order valence-electron chi connectivity index (χ4n) is 3.67. The predicted molar refractivity (Wildman–Crippen MR) is 142 cm³/mol. The summed E-state index contributed by atoms with van der Waals surface area (Å²) < 4.78 is 26.2. The third kappa shape index (κ3) is 8.12. The van der Waals surface area contributed by atoms with Gasteiger partial charge in [-0.1, -0.05) is 47.5 Å². The van der Waals surface area contributed by atoms with Gasteiger partial charge in [-0.2, -0.15) is 0 Å². The molecule has 1 N–H and O–H groups in total. The van der Waals surface area contributed by atoms with Gasteiger partial charge in [-0.3, -0.25) is 13.9 Å². The Kier molecular flexibility index (Phi) is 10.4. The summed E-state index contributed by atoms with van der Waals surface area (Å²) in [4.78, 5) is 27.5. The number of sulfonamides is 1.